The first kappa shape index (κ1) is 13.5. The SMILES string of the molecule is Cn1c(=O)oc2cc(NC(=O)c3ccccc3Cl)ccc21. The molecule has 21 heavy (non-hydrogen) atoms. The molecule has 6 heteroatoms. The van der Waals surface area contributed by atoms with Crippen LogP contribution in [0, 0.1) is 0 Å². The van der Waals surface area contributed by atoms with Gasteiger partial charge in [-0.2, -0.15) is 0 Å². The summed E-state index contributed by atoms with van der Waals surface area (Å²) in [6, 6.07) is 11.8. The Morgan fingerprint density at radius 1 is 1.24 bits per heavy atom. The minimum Gasteiger partial charge on any atom is -0.408 e. The van der Waals surface area contributed by atoms with Gasteiger partial charge in [0.15, 0.2) is 5.58 Å². The number of benzene rings is 2. The number of hydrogen-bond acceptors (Lipinski definition) is 3. The lowest BCUT2D eigenvalue weighted by atomic mass is 10.2. The molecule has 1 N–H and O–H groups in total. The van der Waals surface area contributed by atoms with Crippen LogP contribution in [0.1, 0.15) is 10.4 Å². The zero-order chi connectivity index (χ0) is 15.0. The highest BCUT2D eigenvalue weighted by molar-refractivity contribution is 6.34. The first-order chi connectivity index (χ1) is 10.1. The van der Waals surface area contributed by atoms with Gasteiger partial charge in [-0.1, -0.05) is 23.7 Å². The number of amides is 1. The molecule has 106 valence electrons. The second-order valence-electron chi connectivity index (χ2n) is 4.54. The number of nitrogens with one attached hydrogen (secondary N) is 1. The largest absolute Gasteiger partial charge is 0.419 e. The van der Waals surface area contributed by atoms with E-state index in [-0.39, 0.29) is 5.91 Å². The topological polar surface area (TPSA) is 64.2 Å². The molecule has 3 aromatic rings. The summed E-state index contributed by atoms with van der Waals surface area (Å²) >= 11 is 5.98. The third-order valence-electron chi connectivity index (χ3n) is 3.17. The Bertz CT molecular complexity index is 895. The summed E-state index contributed by atoms with van der Waals surface area (Å²) in [6.45, 7) is 0. The summed E-state index contributed by atoms with van der Waals surface area (Å²) in [6.07, 6.45) is 0. The Labute approximate surface area is 124 Å². The smallest absolute Gasteiger partial charge is 0.408 e. The number of anilines is 1. The average Bonchev–Trinajstić information content (AvgIpc) is 2.74. The molecule has 0 radical (unpaired) electrons. The van der Waals surface area contributed by atoms with Crippen LogP contribution in [0.4, 0.5) is 5.69 Å². The molecule has 1 heterocycles. The number of aromatic nitrogens is 1. The van der Waals surface area contributed by atoms with Gasteiger partial charge in [0.1, 0.15) is 0 Å². The Hall–Kier alpha value is -2.53. The molecule has 0 saturated heterocycles. The Morgan fingerprint density at radius 3 is 2.76 bits per heavy atom. The van der Waals surface area contributed by atoms with Gasteiger partial charge in [-0.3, -0.25) is 9.36 Å². The van der Waals surface area contributed by atoms with E-state index in [1.807, 2.05) is 0 Å². The van der Waals surface area contributed by atoms with Crippen molar-refractivity contribution in [1.29, 1.82) is 0 Å². The third kappa shape index (κ3) is 2.43. The predicted molar refractivity (Wildman–Crippen MR) is 80.9 cm³/mol. The number of aryl methyl sites for hydroxylation is 1. The average molecular weight is 303 g/mol. The lowest BCUT2D eigenvalue weighted by Crippen LogP contribution is -2.12. The maximum Gasteiger partial charge on any atom is 0.419 e. The van der Waals surface area contributed by atoms with Gasteiger partial charge in [0, 0.05) is 18.8 Å². The summed E-state index contributed by atoms with van der Waals surface area (Å²) in [5, 5.41) is 3.10. The number of carbonyl (C=O) groups is 1. The van der Waals surface area contributed by atoms with Gasteiger partial charge in [-0.15, -0.1) is 0 Å². The molecular formula is C15H11ClN2O3. The number of oxazole rings is 1. The van der Waals surface area contributed by atoms with Crippen LogP contribution >= 0.6 is 11.6 Å². The zero-order valence-electron chi connectivity index (χ0n) is 11.1. The fraction of sp³-hybridized carbons (Fsp3) is 0.0667. The molecule has 0 aliphatic heterocycles. The highest BCUT2D eigenvalue weighted by atomic mass is 35.5. The molecule has 0 unspecified atom stereocenters. The first-order valence-electron chi connectivity index (χ1n) is 6.22. The third-order valence-corrected chi connectivity index (χ3v) is 3.50. The van der Waals surface area contributed by atoms with Crippen LogP contribution in [-0.4, -0.2) is 10.5 Å². The fourth-order valence-electron chi connectivity index (χ4n) is 2.06. The van der Waals surface area contributed by atoms with E-state index in [2.05, 4.69) is 5.32 Å². The fourth-order valence-corrected chi connectivity index (χ4v) is 2.28. The van der Waals surface area contributed by atoms with Crippen molar-refractivity contribution in [2.45, 2.75) is 0 Å². The van der Waals surface area contributed by atoms with E-state index in [0.29, 0.717) is 27.4 Å². The van der Waals surface area contributed by atoms with Crippen LogP contribution in [0.25, 0.3) is 11.1 Å². The molecule has 0 saturated carbocycles. The van der Waals surface area contributed by atoms with Crippen molar-refractivity contribution < 1.29 is 9.21 Å². The van der Waals surface area contributed by atoms with Crippen LogP contribution in [0.2, 0.25) is 5.02 Å². The maximum absolute atomic E-state index is 12.2. The highest BCUT2D eigenvalue weighted by Gasteiger charge is 2.11. The second kappa shape index (κ2) is 5.10. The van der Waals surface area contributed by atoms with Crippen LogP contribution in [0.5, 0.6) is 0 Å². The van der Waals surface area contributed by atoms with E-state index in [1.165, 1.54) is 4.57 Å². The molecule has 0 fully saturated rings. The van der Waals surface area contributed by atoms with Gasteiger partial charge in [0.05, 0.1) is 16.1 Å². The quantitative estimate of drug-likeness (QED) is 0.791. The molecular weight excluding hydrogens is 292 g/mol. The second-order valence-corrected chi connectivity index (χ2v) is 4.95. The van der Waals surface area contributed by atoms with Crippen molar-refractivity contribution in [2.24, 2.45) is 7.05 Å². The van der Waals surface area contributed by atoms with Gasteiger partial charge in [0.25, 0.3) is 5.91 Å². The Balaban J connectivity index is 1.93. The lowest BCUT2D eigenvalue weighted by molar-refractivity contribution is 0.102. The van der Waals surface area contributed by atoms with Crippen LogP contribution in [-0.2, 0) is 7.05 Å². The van der Waals surface area contributed by atoms with Crippen molar-refractivity contribution in [1.82, 2.24) is 4.57 Å². The van der Waals surface area contributed by atoms with E-state index in [1.54, 1.807) is 49.5 Å². The molecule has 0 aliphatic rings. The van der Waals surface area contributed by atoms with Crippen LogP contribution < -0.4 is 11.1 Å². The van der Waals surface area contributed by atoms with Crippen molar-refractivity contribution >= 4 is 34.3 Å². The minimum absolute atomic E-state index is 0.321. The van der Waals surface area contributed by atoms with E-state index < -0.39 is 5.76 Å². The lowest BCUT2D eigenvalue weighted by Gasteiger charge is -2.06. The summed E-state index contributed by atoms with van der Waals surface area (Å²) in [5.41, 5.74) is 1.99. The molecule has 1 amide bonds. The maximum atomic E-state index is 12.2. The molecule has 2 aromatic carbocycles. The Kier molecular flexibility index (Phi) is 3.27. The number of nitrogens with zero attached hydrogens (tertiary/aromatic N) is 1. The van der Waals surface area contributed by atoms with Crippen LogP contribution in [0.3, 0.4) is 0 Å². The van der Waals surface area contributed by atoms with E-state index >= 15 is 0 Å². The summed E-state index contributed by atoms with van der Waals surface area (Å²) in [4.78, 5) is 23.6. The summed E-state index contributed by atoms with van der Waals surface area (Å²) in [7, 11) is 1.62. The van der Waals surface area contributed by atoms with Crippen molar-refractivity contribution in [3.8, 4) is 0 Å². The standard InChI is InChI=1S/C15H11ClN2O3/c1-18-12-7-6-9(8-13(12)21-15(18)20)17-14(19)10-4-2-3-5-11(10)16/h2-8H,1H3,(H,17,19). The minimum atomic E-state index is -0.445. The van der Waals surface area contributed by atoms with Gasteiger partial charge in [-0.05, 0) is 24.3 Å². The van der Waals surface area contributed by atoms with Gasteiger partial charge < -0.3 is 9.73 Å². The van der Waals surface area contributed by atoms with Gasteiger partial charge in [0.2, 0.25) is 0 Å². The van der Waals surface area contributed by atoms with Crippen molar-refractivity contribution in [3.05, 3.63) is 63.6 Å². The summed E-state index contributed by atoms with van der Waals surface area (Å²) < 4.78 is 6.48. The molecule has 5 nitrogen and oxygen atoms in total. The van der Waals surface area contributed by atoms with E-state index in [4.69, 9.17) is 16.0 Å². The summed E-state index contributed by atoms with van der Waals surface area (Å²) in [5.74, 6) is -0.766. The zero-order valence-corrected chi connectivity index (χ0v) is 11.8. The molecule has 0 aliphatic carbocycles. The van der Waals surface area contributed by atoms with Crippen LogP contribution in [0.15, 0.2) is 51.7 Å². The number of carbonyl (C=O) groups excluding carboxylic acids is 1. The normalized spacial score (nSPS) is 10.8. The number of fused-ring (bicyclic) bond motifs is 1. The molecule has 0 spiro atoms. The van der Waals surface area contributed by atoms with Gasteiger partial charge in [-0.25, -0.2) is 4.79 Å². The Morgan fingerprint density at radius 2 is 2.00 bits per heavy atom. The highest BCUT2D eigenvalue weighted by Crippen LogP contribution is 2.20. The molecule has 0 atom stereocenters. The number of rotatable bonds is 2. The predicted octanol–water partition coefficient (Wildman–Crippen LogP) is 3.04. The first-order valence-corrected chi connectivity index (χ1v) is 6.59. The van der Waals surface area contributed by atoms with Crippen molar-refractivity contribution in [3.63, 3.8) is 0 Å². The molecule has 1 aromatic heterocycles. The van der Waals surface area contributed by atoms with E-state index in [0.717, 1.165) is 0 Å². The number of halogens is 1. The molecule has 3 rings (SSSR count). The van der Waals surface area contributed by atoms with Gasteiger partial charge >= 0.3 is 5.76 Å². The number of hydrogen-bond donors (Lipinski definition) is 1. The van der Waals surface area contributed by atoms with E-state index in [9.17, 15) is 9.59 Å². The molecule has 0 bridgehead atoms. The monoisotopic (exact) mass is 302 g/mol. The van der Waals surface area contributed by atoms with Crippen molar-refractivity contribution in [2.75, 3.05) is 5.32 Å².